The standard InChI is InChI=1S/C9H12N2O2.ClH/c1-13-8-4-2-7(3-5-8)11-9(12)6-10;/h2-5H,6,10H2,1H3,(H,11,12);1H. The number of anilines is 1. The van der Waals surface area contributed by atoms with Gasteiger partial charge in [0.2, 0.25) is 5.91 Å². The summed E-state index contributed by atoms with van der Waals surface area (Å²) in [4.78, 5) is 10.9. The first kappa shape index (κ1) is 12.7. The van der Waals surface area contributed by atoms with Gasteiger partial charge in [0.15, 0.2) is 0 Å². The summed E-state index contributed by atoms with van der Waals surface area (Å²) in [6.45, 7) is -0.00791. The van der Waals surface area contributed by atoms with Crippen molar-refractivity contribution in [3.8, 4) is 5.75 Å². The van der Waals surface area contributed by atoms with E-state index in [1.807, 2.05) is 0 Å². The average molecular weight is 217 g/mol. The maximum Gasteiger partial charge on any atom is 0.238 e. The Hall–Kier alpha value is -1.26. The molecule has 0 aliphatic heterocycles. The Kier molecular flexibility index (Phi) is 5.67. The highest BCUT2D eigenvalue weighted by molar-refractivity contribution is 5.92. The molecule has 3 N–H and O–H groups in total. The van der Waals surface area contributed by atoms with Crippen LogP contribution in [0.2, 0.25) is 0 Å². The number of hydrogen-bond acceptors (Lipinski definition) is 3. The molecule has 0 bridgehead atoms. The SMILES string of the molecule is COc1ccc(NC(=O)CN)cc1.Cl. The van der Waals surface area contributed by atoms with E-state index in [1.165, 1.54) is 0 Å². The summed E-state index contributed by atoms with van der Waals surface area (Å²) in [5, 5.41) is 2.62. The average Bonchev–Trinajstić information content (AvgIpc) is 2.19. The summed E-state index contributed by atoms with van der Waals surface area (Å²) in [5.74, 6) is 0.552. The summed E-state index contributed by atoms with van der Waals surface area (Å²) in [7, 11) is 1.59. The van der Waals surface area contributed by atoms with Crippen LogP contribution in [0, 0.1) is 0 Å². The summed E-state index contributed by atoms with van der Waals surface area (Å²) in [5.41, 5.74) is 5.86. The molecule has 0 atom stereocenters. The number of carbonyl (C=O) groups is 1. The van der Waals surface area contributed by atoms with E-state index in [0.29, 0.717) is 0 Å². The van der Waals surface area contributed by atoms with Gasteiger partial charge in [-0.3, -0.25) is 4.79 Å². The van der Waals surface area contributed by atoms with Crippen molar-refractivity contribution in [2.24, 2.45) is 5.73 Å². The lowest BCUT2D eigenvalue weighted by Crippen LogP contribution is -2.21. The molecule has 0 aromatic heterocycles. The Morgan fingerprint density at radius 2 is 2.00 bits per heavy atom. The highest BCUT2D eigenvalue weighted by Gasteiger charge is 1.98. The molecule has 1 aromatic carbocycles. The third kappa shape index (κ3) is 3.64. The molecule has 78 valence electrons. The van der Waals surface area contributed by atoms with Crippen molar-refractivity contribution < 1.29 is 9.53 Å². The highest BCUT2D eigenvalue weighted by atomic mass is 35.5. The van der Waals surface area contributed by atoms with Gasteiger partial charge < -0.3 is 15.8 Å². The highest BCUT2D eigenvalue weighted by Crippen LogP contribution is 2.14. The van der Waals surface area contributed by atoms with E-state index in [0.717, 1.165) is 11.4 Å². The van der Waals surface area contributed by atoms with Crippen LogP contribution in [0.3, 0.4) is 0 Å². The number of methoxy groups -OCH3 is 1. The number of carbonyl (C=O) groups excluding carboxylic acids is 1. The van der Waals surface area contributed by atoms with Crippen LogP contribution in [0.15, 0.2) is 24.3 Å². The van der Waals surface area contributed by atoms with Crippen LogP contribution in [0.1, 0.15) is 0 Å². The monoisotopic (exact) mass is 216 g/mol. The first-order valence-electron chi connectivity index (χ1n) is 3.90. The van der Waals surface area contributed by atoms with E-state index < -0.39 is 0 Å². The summed E-state index contributed by atoms with van der Waals surface area (Å²) in [6, 6.07) is 7.05. The van der Waals surface area contributed by atoms with Crippen molar-refractivity contribution >= 4 is 24.0 Å². The molecule has 0 aliphatic rings. The van der Waals surface area contributed by atoms with Crippen LogP contribution in [0.25, 0.3) is 0 Å². The molecule has 0 unspecified atom stereocenters. The van der Waals surface area contributed by atoms with Gasteiger partial charge in [0.25, 0.3) is 0 Å². The zero-order valence-corrected chi connectivity index (χ0v) is 8.64. The number of hydrogen-bond donors (Lipinski definition) is 2. The second-order valence-electron chi connectivity index (χ2n) is 2.48. The molecule has 1 aromatic rings. The lowest BCUT2D eigenvalue weighted by atomic mass is 10.3. The van der Waals surface area contributed by atoms with Crippen LogP contribution in [-0.4, -0.2) is 19.6 Å². The zero-order valence-electron chi connectivity index (χ0n) is 7.82. The molecule has 0 aliphatic carbocycles. The topological polar surface area (TPSA) is 64.3 Å². The van der Waals surface area contributed by atoms with Gasteiger partial charge in [-0.1, -0.05) is 0 Å². The zero-order chi connectivity index (χ0) is 9.68. The van der Waals surface area contributed by atoms with Crippen molar-refractivity contribution in [2.45, 2.75) is 0 Å². The van der Waals surface area contributed by atoms with Crippen molar-refractivity contribution in [3.63, 3.8) is 0 Å². The molecule has 4 nitrogen and oxygen atoms in total. The van der Waals surface area contributed by atoms with E-state index in [4.69, 9.17) is 10.5 Å². The minimum absolute atomic E-state index is 0. The Labute approximate surface area is 88.8 Å². The van der Waals surface area contributed by atoms with Crippen molar-refractivity contribution in [2.75, 3.05) is 19.0 Å². The number of nitrogens with one attached hydrogen (secondary N) is 1. The van der Waals surface area contributed by atoms with Crippen LogP contribution < -0.4 is 15.8 Å². The molecule has 0 saturated carbocycles. The molecule has 1 rings (SSSR count). The normalized spacial score (nSPS) is 8.71. The number of ether oxygens (including phenoxy) is 1. The fourth-order valence-corrected chi connectivity index (χ4v) is 0.886. The lowest BCUT2D eigenvalue weighted by Gasteiger charge is -2.04. The molecule has 14 heavy (non-hydrogen) atoms. The first-order chi connectivity index (χ1) is 6.26. The smallest absolute Gasteiger partial charge is 0.238 e. The van der Waals surface area contributed by atoms with Crippen LogP contribution in [0.4, 0.5) is 5.69 Å². The van der Waals surface area contributed by atoms with Gasteiger partial charge in [0.1, 0.15) is 5.75 Å². The Morgan fingerprint density at radius 1 is 1.43 bits per heavy atom. The lowest BCUT2D eigenvalue weighted by molar-refractivity contribution is -0.114. The van der Waals surface area contributed by atoms with Gasteiger partial charge in [-0.05, 0) is 24.3 Å². The fraction of sp³-hybridized carbons (Fsp3) is 0.222. The van der Waals surface area contributed by atoms with Crippen molar-refractivity contribution in [1.82, 2.24) is 0 Å². The molecular formula is C9H13ClN2O2. The largest absolute Gasteiger partial charge is 0.497 e. The molecule has 0 spiro atoms. The van der Waals surface area contributed by atoms with Crippen molar-refractivity contribution in [1.29, 1.82) is 0 Å². The van der Waals surface area contributed by atoms with Gasteiger partial charge in [0.05, 0.1) is 13.7 Å². The van der Waals surface area contributed by atoms with Crippen LogP contribution >= 0.6 is 12.4 Å². The van der Waals surface area contributed by atoms with E-state index in [1.54, 1.807) is 31.4 Å². The Bertz CT molecular complexity index is 287. The maximum atomic E-state index is 10.9. The van der Waals surface area contributed by atoms with Crippen LogP contribution in [-0.2, 0) is 4.79 Å². The number of nitrogens with two attached hydrogens (primary N) is 1. The Balaban J connectivity index is 0.00000169. The maximum absolute atomic E-state index is 10.9. The predicted octanol–water partition coefficient (Wildman–Crippen LogP) is 1.01. The molecule has 0 saturated heterocycles. The first-order valence-corrected chi connectivity index (χ1v) is 3.90. The molecule has 5 heteroatoms. The minimum atomic E-state index is -0.204. The number of benzene rings is 1. The third-order valence-corrected chi connectivity index (χ3v) is 1.56. The van der Waals surface area contributed by atoms with Gasteiger partial charge >= 0.3 is 0 Å². The minimum Gasteiger partial charge on any atom is -0.497 e. The molecule has 0 radical (unpaired) electrons. The molecule has 0 heterocycles. The van der Waals surface area contributed by atoms with Gasteiger partial charge in [-0.25, -0.2) is 0 Å². The summed E-state index contributed by atoms with van der Waals surface area (Å²) in [6.07, 6.45) is 0. The van der Waals surface area contributed by atoms with E-state index in [9.17, 15) is 4.79 Å². The van der Waals surface area contributed by atoms with E-state index in [-0.39, 0.29) is 24.9 Å². The van der Waals surface area contributed by atoms with Gasteiger partial charge in [-0.15, -0.1) is 12.4 Å². The number of rotatable bonds is 3. The quantitative estimate of drug-likeness (QED) is 0.793. The van der Waals surface area contributed by atoms with Gasteiger partial charge in [0, 0.05) is 5.69 Å². The number of halogens is 1. The Morgan fingerprint density at radius 3 is 2.43 bits per heavy atom. The third-order valence-electron chi connectivity index (χ3n) is 1.56. The molecule has 1 amide bonds. The predicted molar refractivity (Wildman–Crippen MR) is 57.9 cm³/mol. The van der Waals surface area contributed by atoms with Gasteiger partial charge in [-0.2, -0.15) is 0 Å². The molecular weight excluding hydrogens is 204 g/mol. The second kappa shape index (κ2) is 6.23. The molecule has 0 fully saturated rings. The van der Waals surface area contributed by atoms with E-state index >= 15 is 0 Å². The number of amides is 1. The van der Waals surface area contributed by atoms with Crippen molar-refractivity contribution in [3.05, 3.63) is 24.3 Å². The summed E-state index contributed by atoms with van der Waals surface area (Å²) >= 11 is 0. The van der Waals surface area contributed by atoms with E-state index in [2.05, 4.69) is 5.32 Å². The fourth-order valence-electron chi connectivity index (χ4n) is 0.886. The summed E-state index contributed by atoms with van der Waals surface area (Å²) < 4.78 is 4.96. The second-order valence-corrected chi connectivity index (χ2v) is 2.48. The van der Waals surface area contributed by atoms with Crippen LogP contribution in [0.5, 0.6) is 5.75 Å².